The van der Waals surface area contributed by atoms with Gasteiger partial charge in [0, 0.05) is 10.0 Å². The second-order valence-corrected chi connectivity index (χ2v) is 6.03. The summed E-state index contributed by atoms with van der Waals surface area (Å²) in [4.78, 5) is 13.8. The third-order valence-corrected chi connectivity index (χ3v) is 4.37. The van der Waals surface area contributed by atoms with Crippen molar-refractivity contribution in [3.63, 3.8) is 0 Å². The quantitative estimate of drug-likeness (QED) is 0.924. The van der Waals surface area contributed by atoms with Crippen LogP contribution in [0.1, 0.15) is 30.1 Å². The van der Waals surface area contributed by atoms with E-state index >= 15 is 0 Å². The van der Waals surface area contributed by atoms with E-state index in [0.29, 0.717) is 23.7 Å². The Morgan fingerprint density at radius 2 is 2.22 bits per heavy atom. The molecule has 0 radical (unpaired) electrons. The number of halogens is 2. The maximum absolute atomic E-state index is 12.1. The molecule has 0 atom stereocenters. The van der Waals surface area contributed by atoms with E-state index in [1.165, 1.54) is 0 Å². The summed E-state index contributed by atoms with van der Waals surface area (Å²) in [5, 5.41) is 10.6. The first-order chi connectivity index (χ1) is 8.45. The van der Waals surface area contributed by atoms with Crippen LogP contribution in [0.15, 0.2) is 22.7 Å². The fraction of sp³-hybridized carbons (Fsp3) is 0.462. The molecule has 0 aromatic heterocycles. The number of carbonyl (C=O) groups excluding carboxylic acids is 1. The first kappa shape index (κ1) is 13.8. The highest BCUT2D eigenvalue weighted by Crippen LogP contribution is 2.29. The molecule has 1 aliphatic heterocycles. The molecular formula is C13H15BrClNO2. The molecule has 0 saturated carbocycles. The summed E-state index contributed by atoms with van der Waals surface area (Å²) < 4.78 is 0.770. The summed E-state index contributed by atoms with van der Waals surface area (Å²) in [6.45, 7) is 2.84. The van der Waals surface area contributed by atoms with Crippen molar-refractivity contribution in [3.05, 3.63) is 33.3 Å². The van der Waals surface area contributed by atoms with Crippen LogP contribution in [0.3, 0.4) is 0 Å². The molecule has 2 rings (SSSR count). The summed E-state index contributed by atoms with van der Waals surface area (Å²) >= 11 is 9.25. The molecule has 1 aliphatic rings. The summed E-state index contributed by atoms with van der Waals surface area (Å²) in [6.07, 6.45) is 1.65. The molecule has 5 heteroatoms. The van der Waals surface area contributed by atoms with Crippen LogP contribution in [0.25, 0.3) is 0 Å². The van der Waals surface area contributed by atoms with Crippen LogP contribution in [-0.2, 0) is 0 Å². The lowest BCUT2D eigenvalue weighted by molar-refractivity contribution is -0.0860. The van der Waals surface area contributed by atoms with Crippen LogP contribution in [0.5, 0.6) is 0 Å². The first-order valence-electron chi connectivity index (χ1n) is 5.92. The largest absolute Gasteiger partial charge is 0.386 e. The minimum atomic E-state index is -0.691. The normalized spacial score (nSPS) is 17.4. The molecule has 0 unspecified atom stereocenters. The van der Waals surface area contributed by atoms with E-state index in [1.54, 1.807) is 23.1 Å². The Morgan fingerprint density at radius 3 is 2.78 bits per heavy atom. The smallest absolute Gasteiger partial charge is 0.254 e. The average Bonchev–Trinajstić information content (AvgIpc) is 2.29. The van der Waals surface area contributed by atoms with Gasteiger partial charge in [0.05, 0.1) is 23.7 Å². The lowest BCUT2D eigenvalue weighted by Gasteiger charge is -2.46. The Balaban J connectivity index is 2.03. The van der Waals surface area contributed by atoms with Gasteiger partial charge in [0.25, 0.3) is 5.91 Å². The molecule has 1 N–H and O–H groups in total. The van der Waals surface area contributed by atoms with E-state index in [0.717, 1.165) is 17.3 Å². The van der Waals surface area contributed by atoms with Gasteiger partial charge in [-0.1, -0.05) is 24.9 Å². The van der Waals surface area contributed by atoms with Gasteiger partial charge in [0.15, 0.2) is 0 Å². The fourth-order valence-corrected chi connectivity index (χ4v) is 2.67. The van der Waals surface area contributed by atoms with Gasteiger partial charge >= 0.3 is 0 Å². The van der Waals surface area contributed by atoms with Gasteiger partial charge < -0.3 is 10.0 Å². The number of hydrogen-bond acceptors (Lipinski definition) is 2. The van der Waals surface area contributed by atoms with Gasteiger partial charge in [-0.3, -0.25) is 4.79 Å². The number of β-amino-alcohol motifs (C(OH)–C–C–N with tert-alkyl or cyclic N) is 1. The van der Waals surface area contributed by atoms with Gasteiger partial charge in [0.1, 0.15) is 0 Å². The molecule has 1 amide bonds. The van der Waals surface area contributed by atoms with E-state index < -0.39 is 5.60 Å². The Hall–Kier alpha value is -0.580. The Bertz CT molecular complexity index is 472. The highest BCUT2D eigenvalue weighted by molar-refractivity contribution is 9.10. The minimum absolute atomic E-state index is 0.0785. The van der Waals surface area contributed by atoms with Crippen molar-refractivity contribution in [2.45, 2.75) is 25.4 Å². The fourth-order valence-electron chi connectivity index (χ4n) is 2.24. The maximum Gasteiger partial charge on any atom is 0.254 e. The number of benzene rings is 1. The molecule has 0 aliphatic carbocycles. The summed E-state index contributed by atoms with van der Waals surface area (Å²) in [6, 6.07) is 5.13. The third-order valence-electron chi connectivity index (χ3n) is 3.14. The van der Waals surface area contributed by atoms with Crippen molar-refractivity contribution in [3.8, 4) is 0 Å². The predicted octanol–water partition coefficient (Wildman–Crippen LogP) is 3.09. The van der Waals surface area contributed by atoms with Crippen molar-refractivity contribution in [1.82, 2.24) is 4.90 Å². The minimum Gasteiger partial charge on any atom is -0.386 e. The van der Waals surface area contributed by atoms with E-state index in [9.17, 15) is 9.90 Å². The van der Waals surface area contributed by atoms with Gasteiger partial charge in [0.2, 0.25) is 0 Å². The van der Waals surface area contributed by atoms with E-state index in [-0.39, 0.29) is 5.91 Å². The van der Waals surface area contributed by atoms with Crippen molar-refractivity contribution < 1.29 is 9.90 Å². The lowest BCUT2D eigenvalue weighted by atomic mass is 9.89. The topological polar surface area (TPSA) is 40.5 Å². The number of nitrogens with zero attached hydrogens (tertiary/aromatic N) is 1. The average molecular weight is 333 g/mol. The number of carbonyl (C=O) groups is 1. The molecule has 1 aromatic carbocycles. The summed E-state index contributed by atoms with van der Waals surface area (Å²) in [5.74, 6) is -0.0785. The monoisotopic (exact) mass is 331 g/mol. The molecule has 3 nitrogen and oxygen atoms in total. The van der Waals surface area contributed by atoms with Crippen molar-refractivity contribution in [1.29, 1.82) is 0 Å². The zero-order chi connectivity index (χ0) is 13.3. The summed E-state index contributed by atoms with van der Waals surface area (Å²) in [7, 11) is 0. The van der Waals surface area contributed by atoms with E-state index in [2.05, 4.69) is 15.9 Å². The molecular weight excluding hydrogens is 318 g/mol. The second-order valence-electron chi connectivity index (χ2n) is 4.76. The number of rotatable bonds is 3. The number of aliphatic hydroxyl groups is 1. The molecule has 1 aromatic rings. The van der Waals surface area contributed by atoms with Crippen LogP contribution < -0.4 is 0 Å². The Kier molecular flexibility index (Phi) is 3.99. The second kappa shape index (κ2) is 5.19. The van der Waals surface area contributed by atoms with Crippen molar-refractivity contribution >= 4 is 33.4 Å². The van der Waals surface area contributed by atoms with Crippen molar-refractivity contribution in [2.75, 3.05) is 13.1 Å². The maximum atomic E-state index is 12.1. The number of likely N-dealkylation sites (tertiary alicyclic amines) is 1. The van der Waals surface area contributed by atoms with Crippen LogP contribution >= 0.6 is 27.5 Å². The molecule has 1 heterocycles. The molecule has 0 spiro atoms. The zero-order valence-corrected chi connectivity index (χ0v) is 12.5. The van der Waals surface area contributed by atoms with Crippen LogP contribution in [0, 0.1) is 0 Å². The molecule has 18 heavy (non-hydrogen) atoms. The number of amides is 1. The predicted molar refractivity (Wildman–Crippen MR) is 74.9 cm³/mol. The van der Waals surface area contributed by atoms with E-state index in [4.69, 9.17) is 11.6 Å². The van der Waals surface area contributed by atoms with Gasteiger partial charge in [-0.25, -0.2) is 0 Å². The third kappa shape index (κ3) is 2.71. The van der Waals surface area contributed by atoms with Gasteiger partial charge in [-0.15, -0.1) is 0 Å². The zero-order valence-electron chi connectivity index (χ0n) is 10.1. The van der Waals surface area contributed by atoms with Crippen LogP contribution in [0.4, 0.5) is 0 Å². The van der Waals surface area contributed by atoms with Crippen LogP contribution in [-0.4, -0.2) is 34.6 Å². The van der Waals surface area contributed by atoms with Crippen molar-refractivity contribution in [2.24, 2.45) is 0 Å². The Labute approximate surface area is 120 Å². The first-order valence-corrected chi connectivity index (χ1v) is 7.09. The van der Waals surface area contributed by atoms with Crippen LogP contribution in [0.2, 0.25) is 5.02 Å². The van der Waals surface area contributed by atoms with E-state index in [1.807, 2.05) is 6.92 Å². The molecule has 1 fully saturated rings. The standard InChI is InChI=1S/C13H15BrClNO2/c1-2-5-13(18)7-16(8-13)12(17)9-3-4-10(14)11(15)6-9/h3-4,6,18H,2,5,7-8H2,1H3. The Morgan fingerprint density at radius 1 is 1.56 bits per heavy atom. The SMILES string of the molecule is CCCC1(O)CN(C(=O)c2ccc(Br)c(Cl)c2)C1. The number of hydrogen-bond donors (Lipinski definition) is 1. The highest BCUT2D eigenvalue weighted by atomic mass is 79.9. The molecule has 0 bridgehead atoms. The molecule has 98 valence electrons. The van der Waals surface area contributed by atoms with Gasteiger partial charge in [-0.2, -0.15) is 0 Å². The summed E-state index contributed by atoms with van der Waals surface area (Å²) in [5.41, 5.74) is -0.134. The van der Waals surface area contributed by atoms with Gasteiger partial charge in [-0.05, 0) is 40.5 Å². The highest BCUT2D eigenvalue weighted by Gasteiger charge is 2.42. The molecule has 1 saturated heterocycles. The lowest BCUT2D eigenvalue weighted by Crippen LogP contribution is -2.63.